The number of rotatable bonds is 1. The molecule has 74 valence electrons. The van der Waals surface area contributed by atoms with Crippen molar-refractivity contribution in [3.8, 4) is 0 Å². The summed E-state index contributed by atoms with van der Waals surface area (Å²) in [5, 5.41) is 0. The molecule has 0 amide bonds. The molecule has 1 nitrogen and oxygen atoms in total. The van der Waals surface area contributed by atoms with Crippen LogP contribution in [-0.2, 0) is 4.79 Å². The lowest BCUT2D eigenvalue weighted by Gasteiger charge is -2.27. The molecule has 13 heavy (non-hydrogen) atoms. The lowest BCUT2D eigenvalue weighted by molar-refractivity contribution is -0.126. The average molecular weight is 180 g/mol. The van der Waals surface area contributed by atoms with Crippen LogP contribution in [0.5, 0.6) is 0 Å². The van der Waals surface area contributed by atoms with Crippen LogP contribution in [0.4, 0.5) is 0 Å². The van der Waals surface area contributed by atoms with Gasteiger partial charge in [0.25, 0.3) is 0 Å². The molecule has 2 aliphatic carbocycles. The second kappa shape index (κ2) is 2.83. The molecular formula is C12H20O. The molecule has 2 fully saturated rings. The Morgan fingerprint density at radius 2 is 2.00 bits per heavy atom. The maximum absolute atomic E-state index is 11.8. The highest BCUT2D eigenvalue weighted by Crippen LogP contribution is 2.49. The van der Waals surface area contributed by atoms with Crippen molar-refractivity contribution < 1.29 is 4.79 Å². The fourth-order valence-corrected chi connectivity index (χ4v) is 3.10. The number of carbonyl (C=O) groups is 1. The fourth-order valence-electron chi connectivity index (χ4n) is 3.10. The van der Waals surface area contributed by atoms with Gasteiger partial charge in [-0.1, -0.05) is 20.8 Å². The SMILES string of the molecule is CC(C)(C)CC1C(=O)C2CCC1C2. The second-order valence-electron chi connectivity index (χ2n) is 6.04. The van der Waals surface area contributed by atoms with E-state index in [0.29, 0.717) is 23.0 Å². The molecule has 0 spiro atoms. The molecule has 2 saturated carbocycles. The molecule has 0 radical (unpaired) electrons. The van der Waals surface area contributed by atoms with Gasteiger partial charge in [0.2, 0.25) is 0 Å². The molecule has 0 aromatic rings. The topological polar surface area (TPSA) is 17.1 Å². The Labute approximate surface area is 80.9 Å². The maximum Gasteiger partial charge on any atom is 0.139 e. The first-order valence-corrected chi connectivity index (χ1v) is 5.51. The monoisotopic (exact) mass is 180 g/mol. The first kappa shape index (κ1) is 9.23. The van der Waals surface area contributed by atoms with Gasteiger partial charge in [-0.3, -0.25) is 4.79 Å². The number of fused-ring (bicyclic) bond motifs is 2. The van der Waals surface area contributed by atoms with Gasteiger partial charge in [-0.25, -0.2) is 0 Å². The third-order valence-electron chi connectivity index (χ3n) is 3.64. The first-order valence-electron chi connectivity index (χ1n) is 5.51. The highest BCUT2D eigenvalue weighted by atomic mass is 16.1. The van der Waals surface area contributed by atoms with Crippen molar-refractivity contribution in [1.82, 2.24) is 0 Å². The van der Waals surface area contributed by atoms with E-state index in [9.17, 15) is 4.79 Å². The minimum Gasteiger partial charge on any atom is -0.299 e. The molecule has 1 heteroatoms. The van der Waals surface area contributed by atoms with E-state index in [1.807, 2.05) is 0 Å². The summed E-state index contributed by atoms with van der Waals surface area (Å²) < 4.78 is 0. The molecule has 3 unspecified atom stereocenters. The largest absolute Gasteiger partial charge is 0.299 e. The van der Waals surface area contributed by atoms with Crippen molar-refractivity contribution >= 4 is 5.78 Å². The van der Waals surface area contributed by atoms with Crippen molar-refractivity contribution in [2.75, 3.05) is 0 Å². The molecule has 3 atom stereocenters. The number of Topliss-reactive ketones (excluding diaryl/α,β-unsaturated/α-hetero) is 1. The van der Waals surface area contributed by atoms with Crippen molar-refractivity contribution in [2.24, 2.45) is 23.2 Å². The fraction of sp³-hybridized carbons (Fsp3) is 0.917. The van der Waals surface area contributed by atoms with E-state index in [2.05, 4.69) is 20.8 Å². The summed E-state index contributed by atoms with van der Waals surface area (Å²) >= 11 is 0. The Morgan fingerprint density at radius 1 is 1.31 bits per heavy atom. The van der Waals surface area contributed by atoms with E-state index in [4.69, 9.17) is 0 Å². The summed E-state index contributed by atoms with van der Waals surface area (Å²) in [7, 11) is 0. The summed E-state index contributed by atoms with van der Waals surface area (Å²) in [4.78, 5) is 11.8. The van der Waals surface area contributed by atoms with E-state index in [0.717, 1.165) is 12.3 Å². The number of hydrogen-bond donors (Lipinski definition) is 0. The van der Waals surface area contributed by atoms with Crippen molar-refractivity contribution in [2.45, 2.75) is 46.5 Å². The smallest absolute Gasteiger partial charge is 0.139 e. The summed E-state index contributed by atoms with van der Waals surface area (Å²) in [5.74, 6) is 2.21. The zero-order valence-corrected chi connectivity index (χ0v) is 8.97. The van der Waals surface area contributed by atoms with Crippen LogP contribution >= 0.6 is 0 Å². The second-order valence-corrected chi connectivity index (χ2v) is 6.04. The lowest BCUT2D eigenvalue weighted by atomic mass is 9.76. The molecule has 0 saturated heterocycles. The average Bonchev–Trinajstić information content (AvgIpc) is 2.51. The minimum atomic E-state index is 0.324. The van der Waals surface area contributed by atoms with Gasteiger partial charge in [0.05, 0.1) is 0 Å². The van der Waals surface area contributed by atoms with Crippen LogP contribution in [0, 0.1) is 23.2 Å². The minimum absolute atomic E-state index is 0.324. The summed E-state index contributed by atoms with van der Waals surface area (Å²) in [6.45, 7) is 6.73. The van der Waals surface area contributed by atoms with Gasteiger partial charge in [-0.15, -0.1) is 0 Å². The molecule has 0 N–H and O–H groups in total. The van der Waals surface area contributed by atoms with Crippen molar-refractivity contribution in [3.63, 3.8) is 0 Å². The van der Waals surface area contributed by atoms with Gasteiger partial charge in [-0.05, 0) is 37.0 Å². The zero-order chi connectivity index (χ0) is 9.64. The Bertz CT molecular complexity index is 224. The normalized spacial score (nSPS) is 38.7. The molecule has 2 bridgehead atoms. The summed E-state index contributed by atoms with van der Waals surface area (Å²) in [5.41, 5.74) is 0.324. The zero-order valence-electron chi connectivity index (χ0n) is 8.97. The molecular weight excluding hydrogens is 160 g/mol. The van der Waals surface area contributed by atoms with Crippen molar-refractivity contribution in [1.29, 1.82) is 0 Å². The predicted octanol–water partition coefficient (Wildman–Crippen LogP) is 3.04. The third-order valence-corrected chi connectivity index (χ3v) is 3.64. The molecule has 0 aromatic heterocycles. The number of hydrogen-bond acceptors (Lipinski definition) is 1. The standard InChI is InChI=1S/C12H20O/c1-12(2,3)7-10-8-4-5-9(6-8)11(10)13/h8-10H,4-7H2,1-3H3. The molecule has 0 aromatic carbocycles. The van der Waals surface area contributed by atoms with Crippen LogP contribution in [-0.4, -0.2) is 5.78 Å². The Morgan fingerprint density at radius 3 is 2.46 bits per heavy atom. The van der Waals surface area contributed by atoms with Gasteiger partial charge in [-0.2, -0.15) is 0 Å². The van der Waals surface area contributed by atoms with E-state index in [-0.39, 0.29) is 0 Å². The number of carbonyl (C=O) groups excluding carboxylic acids is 1. The molecule has 2 aliphatic rings. The highest BCUT2D eigenvalue weighted by Gasteiger charge is 2.47. The van der Waals surface area contributed by atoms with E-state index in [1.54, 1.807) is 0 Å². The maximum atomic E-state index is 11.8. The summed E-state index contributed by atoms with van der Waals surface area (Å²) in [6.07, 6.45) is 4.81. The van der Waals surface area contributed by atoms with E-state index >= 15 is 0 Å². The van der Waals surface area contributed by atoms with E-state index in [1.165, 1.54) is 19.3 Å². The summed E-state index contributed by atoms with van der Waals surface area (Å²) in [6, 6.07) is 0. The van der Waals surface area contributed by atoms with Gasteiger partial charge < -0.3 is 0 Å². The van der Waals surface area contributed by atoms with Crippen LogP contribution in [0.15, 0.2) is 0 Å². The van der Waals surface area contributed by atoms with Gasteiger partial charge in [0.1, 0.15) is 5.78 Å². The van der Waals surface area contributed by atoms with E-state index < -0.39 is 0 Å². The van der Waals surface area contributed by atoms with Crippen molar-refractivity contribution in [3.05, 3.63) is 0 Å². The highest BCUT2D eigenvalue weighted by molar-refractivity contribution is 5.86. The molecule has 0 heterocycles. The molecule has 2 rings (SSSR count). The van der Waals surface area contributed by atoms with Gasteiger partial charge in [0, 0.05) is 11.8 Å². The quantitative estimate of drug-likeness (QED) is 0.606. The molecule has 0 aliphatic heterocycles. The Balaban J connectivity index is 2.05. The van der Waals surface area contributed by atoms with Crippen LogP contribution in [0.2, 0.25) is 0 Å². The van der Waals surface area contributed by atoms with Crippen LogP contribution in [0.3, 0.4) is 0 Å². The predicted molar refractivity (Wildman–Crippen MR) is 53.4 cm³/mol. The Kier molecular flexibility index (Phi) is 2.01. The van der Waals surface area contributed by atoms with Gasteiger partial charge >= 0.3 is 0 Å². The first-order chi connectivity index (χ1) is 5.97. The van der Waals surface area contributed by atoms with Crippen LogP contribution < -0.4 is 0 Å². The number of ketones is 1. The van der Waals surface area contributed by atoms with Crippen LogP contribution in [0.25, 0.3) is 0 Å². The third kappa shape index (κ3) is 1.66. The van der Waals surface area contributed by atoms with Crippen LogP contribution in [0.1, 0.15) is 46.5 Å². The van der Waals surface area contributed by atoms with Gasteiger partial charge in [0.15, 0.2) is 0 Å². The Hall–Kier alpha value is -0.330. The lowest BCUT2D eigenvalue weighted by Crippen LogP contribution is -2.26.